The second-order valence-corrected chi connectivity index (χ2v) is 8.11. The third-order valence-electron chi connectivity index (χ3n) is 5.53. The molecule has 3 heterocycles. The Labute approximate surface area is 168 Å². The lowest BCUT2D eigenvalue weighted by atomic mass is 9.95. The van der Waals surface area contributed by atoms with Gasteiger partial charge in [0.25, 0.3) is 5.56 Å². The van der Waals surface area contributed by atoms with Crippen LogP contribution in [0.1, 0.15) is 49.6 Å². The molecule has 2 aromatic heterocycles. The van der Waals surface area contributed by atoms with E-state index >= 15 is 0 Å². The van der Waals surface area contributed by atoms with Gasteiger partial charge in [-0.15, -0.1) is 5.10 Å². The lowest BCUT2D eigenvalue weighted by Gasteiger charge is -2.32. The SMILES string of the molecule is Cc1ccc(Cn2nnc3c(=O)[nH]c(C4CCN(C(=O)C(C)C)CC4)nc32)cc1. The maximum atomic E-state index is 12.5. The summed E-state index contributed by atoms with van der Waals surface area (Å²) in [5.74, 6) is 0.960. The Morgan fingerprint density at radius 3 is 2.55 bits per heavy atom. The van der Waals surface area contributed by atoms with E-state index in [1.54, 1.807) is 4.68 Å². The Kier molecular flexibility index (Phi) is 5.17. The van der Waals surface area contributed by atoms with Crippen molar-refractivity contribution in [3.8, 4) is 0 Å². The highest BCUT2D eigenvalue weighted by molar-refractivity contribution is 5.78. The first-order valence-corrected chi connectivity index (χ1v) is 10.1. The molecule has 8 heteroatoms. The smallest absolute Gasteiger partial charge is 0.281 e. The number of aromatic nitrogens is 5. The highest BCUT2D eigenvalue weighted by Crippen LogP contribution is 2.26. The zero-order chi connectivity index (χ0) is 20.5. The number of nitrogens with one attached hydrogen (secondary N) is 1. The molecule has 4 rings (SSSR count). The largest absolute Gasteiger partial charge is 0.342 e. The Balaban J connectivity index is 1.58. The molecule has 0 radical (unpaired) electrons. The molecule has 0 saturated carbocycles. The molecule has 1 N–H and O–H groups in total. The molecule has 3 aromatic rings. The van der Waals surface area contributed by atoms with Crippen molar-refractivity contribution in [1.82, 2.24) is 29.9 Å². The van der Waals surface area contributed by atoms with Crippen LogP contribution in [-0.2, 0) is 11.3 Å². The molecule has 1 aliphatic heterocycles. The van der Waals surface area contributed by atoms with Crippen molar-refractivity contribution in [1.29, 1.82) is 0 Å². The predicted molar refractivity (Wildman–Crippen MR) is 110 cm³/mol. The molecule has 1 aliphatic rings. The van der Waals surface area contributed by atoms with Crippen molar-refractivity contribution in [3.63, 3.8) is 0 Å². The summed E-state index contributed by atoms with van der Waals surface area (Å²) in [6, 6.07) is 8.18. The number of H-pyrrole nitrogens is 1. The summed E-state index contributed by atoms with van der Waals surface area (Å²) in [5, 5.41) is 8.17. The van der Waals surface area contributed by atoms with Gasteiger partial charge in [-0.2, -0.15) is 0 Å². The molecule has 0 atom stereocenters. The number of rotatable bonds is 4. The first-order valence-electron chi connectivity index (χ1n) is 10.1. The predicted octanol–water partition coefficient (Wildman–Crippen LogP) is 2.23. The van der Waals surface area contributed by atoms with Crippen LogP contribution in [0.15, 0.2) is 29.1 Å². The third-order valence-corrected chi connectivity index (χ3v) is 5.53. The number of fused-ring (bicyclic) bond motifs is 1. The summed E-state index contributed by atoms with van der Waals surface area (Å²) in [4.78, 5) is 34.3. The number of piperidine rings is 1. The van der Waals surface area contributed by atoms with Gasteiger partial charge in [-0.1, -0.05) is 48.9 Å². The lowest BCUT2D eigenvalue weighted by molar-refractivity contribution is -0.135. The molecule has 1 amide bonds. The monoisotopic (exact) mass is 394 g/mol. The zero-order valence-corrected chi connectivity index (χ0v) is 17.1. The van der Waals surface area contributed by atoms with Gasteiger partial charge in [0, 0.05) is 24.9 Å². The van der Waals surface area contributed by atoms with Crippen molar-refractivity contribution in [2.45, 2.75) is 46.1 Å². The minimum Gasteiger partial charge on any atom is -0.342 e. The number of aromatic amines is 1. The summed E-state index contributed by atoms with van der Waals surface area (Å²) in [5.41, 5.74) is 2.77. The molecule has 1 saturated heterocycles. The Bertz CT molecular complexity index is 1070. The molecule has 1 aromatic carbocycles. The summed E-state index contributed by atoms with van der Waals surface area (Å²) in [6.07, 6.45) is 1.57. The third kappa shape index (κ3) is 3.92. The number of carbonyl (C=O) groups is 1. The van der Waals surface area contributed by atoms with Crippen LogP contribution in [0.4, 0.5) is 0 Å². The minimum absolute atomic E-state index is 0.00281. The molecular formula is C21H26N6O2. The normalized spacial score (nSPS) is 15.4. The number of benzene rings is 1. The molecule has 152 valence electrons. The van der Waals surface area contributed by atoms with E-state index in [9.17, 15) is 9.59 Å². The van der Waals surface area contributed by atoms with Crippen LogP contribution in [0.2, 0.25) is 0 Å². The van der Waals surface area contributed by atoms with Gasteiger partial charge in [0.05, 0.1) is 6.54 Å². The molecular weight excluding hydrogens is 368 g/mol. The van der Waals surface area contributed by atoms with Crippen molar-refractivity contribution < 1.29 is 4.79 Å². The number of hydrogen-bond donors (Lipinski definition) is 1. The summed E-state index contributed by atoms with van der Waals surface area (Å²) < 4.78 is 1.68. The van der Waals surface area contributed by atoms with E-state index in [1.165, 1.54) is 5.56 Å². The van der Waals surface area contributed by atoms with E-state index in [1.807, 2.05) is 49.9 Å². The second kappa shape index (κ2) is 7.77. The van der Waals surface area contributed by atoms with Gasteiger partial charge in [-0.05, 0) is 25.3 Å². The fourth-order valence-electron chi connectivity index (χ4n) is 3.79. The van der Waals surface area contributed by atoms with E-state index in [-0.39, 0.29) is 28.8 Å². The number of carbonyl (C=O) groups excluding carboxylic acids is 1. The topological polar surface area (TPSA) is 96.8 Å². The van der Waals surface area contributed by atoms with Crippen molar-refractivity contribution in [2.75, 3.05) is 13.1 Å². The lowest BCUT2D eigenvalue weighted by Crippen LogP contribution is -2.40. The van der Waals surface area contributed by atoms with Crippen LogP contribution in [0, 0.1) is 12.8 Å². The van der Waals surface area contributed by atoms with E-state index < -0.39 is 0 Å². The van der Waals surface area contributed by atoms with E-state index in [0.29, 0.717) is 31.1 Å². The number of likely N-dealkylation sites (tertiary alicyclic amines) is 1. The molecule has 8 nitrogen and oxygen atoms in total. The standard InChI is InChI=1S/C21H26N6O2/c1-13(2)21(29)26-10-8-16(9-11-26)18-22-19-17(20(28)23-18)24-25-27(19)12-15-6-4-14(3)5-7-15/h4-7,13,16H,8-12H2,1-3H3,(H,22,23,28). The number of hydrogen-bond acceptors (Lipinski definition) is 5. The van der Waals surface area contributed by atoms with E-state index in [2.05, 4.69) is 15.3 Å². The molecule has 0 spiro atoms. The first-order chi connectivity index (χ1) is 13.9. The van der Waals surface area contributed by atoms with Crippen LogP contribution >= 0.6 is 0 Å². The van der Waals surface area contributed by atoms with Gasteiger partial charge in [0.1, 0.15) is 5.82 Å². The Hall–Kier alpha value is -3.03. The first kappa shape index (κ1) is 19.3. The maximum Gasteiger partial charge on any atom is 0.281 e. The summed E-state index contributed by atoms with van der Waals surface area (Å²) >= 11 is 0. The van der Waals surface area contributed by atoms with Gasteiger partial charge in [0.2, 0.25) is 5.91 Å². The minimum atomic E-state index is -0.263. The van der Waals surface area contributed by atoms with Crippen LogP contribution in [0.25, 0.3) is 11.2 Å². The van der Waals surface area contributed by atoms with Gasteiger partial charge < -0.3 is 9.88 Å². The van der Waals surface area contributed by atoms with Crippen molar-refractivity contribution >= 4 is 17.1 Å². The van der Waals surface area contributed by atoms with Crippen LogP contribution in [0.5, 0.6) is 0 Å². The van der Waals surface area contributed by atoms with Crippen LogP contribution in [0.3, 0.4) is 0 Å². The van der Waals surface area contributed by atoms with E-state index in [4.69, 9.17) is 4.98 Å². The van der Waals surface area contributed by atoms with Crippen molar-refractivity contribution in [2.24, 2.45) is 5.92 Å². The maximum absolute atomic E-state index is 12.5. The van der Waals surface area contributed by atoms with Gasteiger partial charge in [-0.3, -0.25) is 9.59 Å². The molecule has 29 heavy (non-hydrogen) atoms. The Morgan fingerprint density at radius 1 is 1.21 bits per heavy atom. The summed E-state index contributed by atoms with van der Waals surface area (Å²) in [6.45, 7) is 7.76. The quantitative estimate of drug-likeness (QED) is 0.732. The van der Waals surface area contributed by atoms with Crippen molar-refractivity contribution in [3.05, 3.63) is 51.6 Å². The summed E-state index contributed by atoms with van der Waals surface area (Å²) in [7, 11) is 0. The number of aryl methyl sites for hydroxylation is 1. The zero-order valence-electron chi connectivity index (χ0n) is 17.1. The van der Waals surface area contributed by atoms with Gasteiger partial charge >= 0.3 is 0 Å². The van der Waals surface area contributed by atoms with E-state index in [0.717, 1.165) is 18.4 Å². The van der Waals surface area contributed by atoms with Crippen LogP contribution < -0.4 is 5.56 Å². The molecule has 0 bridgehead atoms. The van der Waals surface area contributed by atoms with Gasteiger partial charge in [-0.25, -0.2) is 9.67 Å². The molecule has 0 unspecified atom stereocenters. The molecule has 1 fully saturated rings. The van der Waals surface area contributed by atoms with Gasteiger partial charge in [0.15, 0.2) is 11.2 Å². The highest BCUT2D eigenvalue weighted by Gasteiger charge is 2.27. The Morgan fingerprint density at radius 2 is 1.90 bits per heavy atom. The number of nitrogens with zero attached hydrogens (tertiary/aromatic N) is 5. The average Bonchev–Trinajstić information content (AvgIpc) is 3.12. The fraction of sp³-hybridized carbons (Fsp3) is 0.476. The average molecular weight is 394 g/mol. The fourth-order valence-corrected chi connectivity index (χ4v) is 3.79. The second-order valence-electron chi connectivity index (χ2n) is 8.11. The molecule has 0 aliphatic carbocycles. The highest BCUT2D eigenvalue weighted by atomic mass is 16.2. The van der Waals surface area contributed by atoms with Crippen LogP contribution in [-0.4, -0.2) is 48.9 Å². The number of amides is 1.